The average molecular weight is 490 g/mol. The van der Waals surface area contributed by atoms with Crippen molar-refractivity contribution >= 4 is 56.7 Å². The number of nitrogens with zero attached hydrogens (tertiary/aromatic N) is 2. The van der Waals surface area contributed by atoms with Crippen molar-refractivity contribution in [3.05, 3.63) is 64.6 Å². The first-order valence-corrected chi connectivity index (χ1v) is 10.4. The van der Waals surface area contributed by atoms with E-state index in [9.17, 15) is 14.4 Å². The van der Waals surface area contributed by atoms with Crippen molar-refractivity contribution in [1.29, 1.82) is 0 Å². The van der Waals surface area contributed by atoms with Gasteiger partial charge in [-0.3, -0.25) is 19.3 Å². The highest BCUT2D eigenvalue weighted by Gasteiger charge is 2.44. The summed E-state index contributed by atoms with van der Waals surface area (Å²) in [5, 5.41) is 2.97. The molecule has 1 N–H and O–H groups in total. The van der Waals surface area contributed by atoms with Gasteiger partial charge in [-0.25, -0.2) is 0 Å². The van der Waals surface area contributed by atoms with E-state index in [2.05, 4.69) is 21.2 Å². The first kappa shape index (κ1) is 21.9. The lowest BCUT2D eigenvalue weighted by Gasteiger charge is -2.22. The minimum Gasteiger partial charge on any atom is -0.468 e. The van der Waals surface area contributed by atoms with E-state index in [1.165, 1.54) is 16.9 Å². The number of carbonyl (C=O) groups is 3. The number of anilines is 1. The molecule has 1 atom stereocenters. The van der Waals surface area contributed by atoms with Crippen LogP contribution in [-0.2, 0) is 25.7 Å². The van der Waals surface area contributed by atoms with E-state index < -0.39 is 12.0 Å². The fourth-order valence-corrected chi connectivity index (χ4v) is 3.72. The molecule has 0 aromatic heterocycles. The van der Waals surface area contributed by atoms with Gasteiger partial charge in [0.05, 0.1) is 20.1 Å². The van der Waals surface area contributed by atoms with Crippen molar-refractivity contribution in [2.24, 2.45) is 0 Å². The molecule has 1 saturated heterocycles. The molecule has 156 valence electrons. The van der Waals surface area contributed by atoms with E-state index in [0.29, 0.717) is 5.69 Å². The summed E-state index contributed by atoms with van der Waals surface area (Å²) in [5.74, 6) is -1.21. The number of esters is 1. The third kappa shape index (κ3) is 5.22. The molecule has 0 unspecified atom stereocenters. The second kappa shape index (κ2) is 9.82. The topological polar surface area (TPSA) is 79.0 Å². The minimum atomic E-state index is -0.879. The summed E-state index contributed by atoms with van der Waals surface area (Å²) in [6, 6.07) is 15.6. The van der Waals surface area contributed by atoms with Gasteiger partial charge in [0.25, 0.3) is 5.91 Å². The van der Waals surface area contributed by atoms with E-state index in [-0.39, 0.29) is 36.4 Å². The molecule has 2 amide bonds. The Labute approximate surface area is 188 Å². The summed E-state index contributed by atoms with van der Waals surface area (Å²) < 4.78 is 5.62. The summed E-state index contributed by atoms with van der Waals surface area (Å²) in [7, 11) is 1.26. The fraction of sp³-hybridized carbons (Fsp3) is 0.238. The Morgan fingerprint density at radius 2 is 1.80 bits per heavy atom. The van der Waals surface area contributed by atoms with Gasteiger partial charge in [0, 0.05) is 10.2 Å². The molecular weight excluding hydrogens is 470 g/mol. The normalized spacial score (nSPS) is 16.0. The van der Waals surface area contributed by atoms with Crippen LogP contribution in [0.2, 0.25) is 0 Å². The predicted molar refractivity (Wildman–Crippen MR) is 119 cm³/mol. The largest absolute Gasteiger partial charge is 0.468 e. The number of hydrogen-bond donors (Lipinski definition) is 1. The molecule has 0 aliphatic carbocycles. The number of amides is 2. The van der Waals surface area contributed by atoms with Crippen molar-refractivity contribution in [1.82, 2.24) is 9.80 Å². The highest BCUT2D eigenvalue weighted by Crippen LogP contribution is 2.24. The van der Waals surface area contributed by atoms with Crippen molar-refractivity contribution in [2.75, 3.05) is 19.0 Å². The van der Waals surface area contributed by atoms with Gasteiger partial charge in [0.2, 0.25) is 5.91 Å². The molecule has 0 saturated carbocycles. The van der Waals surface area contributed by atoms with E-state index in [1.807, 2.05) is 30.3 Å². The molecule has 0 bridgehead atoms. The molecule has 9 heteroatoms. The maximum Gasteiger partial charge on any atom is 0.325 e. The van der Waals surface area contributed by atoms with E-state index >= 15 is 0 Å². The van der Waals surface area contributed by atoms with E-state index in [4.69, 9.17) is 17.0 Å². The Kier molecular flexibility index (Phi) is 7.17. The second-order valence-corrected chi connectivity index (χ2v) is 7.95. The van der Waals surface area contributed by atoms with Crippen LogP contribution < -0.4 is 5.32 Å². The molecule has 1 aliphatic heterocycles. The Bertz CT molecular complexity index is 952. The van der Waals surface area contributed by atoms with Gasteiger partial charge >= 0.3 is 5.97 Å². The summed E-state index contributed by atoms with van der Waals surface area (Å²) in [5.41, 5.74) is 1.50. The van der Waals surface area contributed by atoms with Gasteiger partial charge in [-0.1, -0.05) is 46.3 Å². The zero-order valence-electron chi connectivity index (χ0n) is 16.2. The molecule has 2 aromatic rings. The number of thiocarbonyl (C=S) groups is 1. The molecule has 0 spiro atoms. The first-order chi connectivity index (χ1) is 14.4. The van der Waals surface area contributed by atoms with Gasteiger partial charge in [-0.2, -0.15) is 0 Å². The third-order valence-electron chi connectivity index (χ3n) is 4.62. The van der Waals surface area contributed by atoms with Gasteiger partial charge in [0.1, 0.15) is 12.6 Å². The lowest BCUT2D eigenvalue weighted by Crippen LogP contribution is -2.41. The summed E-state index contributed by atoms with van der Waals surface area (Å²) >= 11 is 8.81. The van der Waals surface area contributed by atoms with Crippen LogP contribution in [-0.4, -0.2) is 52.4 Å². The van der Waals surface area contributed by atoms with Crippen LogP contribution in [0.25, 0.3) is 0 Å². The zero-order valence-corrected chi connectivity index (χ0v) is 18.6. The molecule has 3 rings (SSSR count). The smallest absolute Gasteiger partial charge is 0.325 e. The monoisotopic (exact) mass is 489 g/mol. The first-order valence-electron chi connectivity index (χ1n) is 9.17. The van der Waals surface area contributed by atoms with Crippen LogP contribution >= 0.6 is 28.1 Å². The minimum absolute atomic E-state index is 0.142. The molecule has 1 fully saturated rings. The number of nitrogens with one attached hydrogen (secondary N) is 1. The zero-order chi connectivity index (χ0) is 21.7. The third-order valence-corrected chi connectivity index (χ3v) is 5.60. The Balaban J connectivity index is 1.77. The number of benzene rings is 2. The number of halogens is 1. The number of carbonyl (C=O) groups excluding carboxylic acids is 3. The summed E-state index contributed by atoms with van der Waals surface area (Å²) in [6.45, 7) is 0.0591. The lowest BCUT2D eigenvalue weighted by molar-refractivity contribution is -0.141. The van der Waals surface area contributed by atoms with E-state index in [0.717, 1.165) is 10.0 Å². The van der Waals surface area contributed by atoms with Gasteiger partial charge in [-0.15, -0.1) is 0 Å². The van der Waals surface area contributed by atoms with Crippen molar-refractivity contribution in [3.8, 4) is 0 Å². The molecule has 0 radical (unpaired) electrons. The fourth-order valence-electron chi connectivity index (χ4n) is 3.11. The Morgan fingerprint density at radius 1 is 1.13 bits per heavy atom. The number of rotatable bonds is 7. The standard InChI is InChI=1S/C21H20BrN3O4S/c1-29-19(27)13-24-17(11-18(26)23-16-9-7-15(22)8-10-16)20(28)25(21(24)30)12-14-5-3-2-4-6-14/h2-10,17H,11-13H2,1H3,(H,23,26)/t17-/m1/s1. The molecule has 1 heterocycles. The van der Waals surface area contributed by atoms with Crippen molar-refractivity contribution < 1.29 is 19.1 Å². The Hall–Kier alpha value is -2.78. The van der Waals surface area contributed by atoms with Crippen LogP contribution in [0, 0.1) is 0 Å². The van der Waals surface area contributed by atoms with Crippen LogP contribution in [0.15, 0.2) is 59.1 Å². The van der Waals surface area contributed by atoms with Crippen LogP contribution in [0.5, 0.6) is 0 Å². The quantitative estimate of drug-likeness (QED) is 0.475. The van der Waals surface area contributed by atoms with Crippen LogP contribution in [0.3, 0.4) is 0 Å². The van der Waals surface area contributed by atoms with Crippen molar-refractivity contribution in [2.45, 2.75) is 19.0 Å². The van der Waals surface area contributed by atoms with Gasteiger partial charge in [-0.05, 0) is 42.0 Å². The van der Waals surface area contributed by atoms with Crippen LogP contribution in [0.1, 0.15) is 12.0 Å². The molecular formula is C21H20BrN3O4S. The molecule has 7 nitrogen and oxygen atoms in total. The predicted octanol–water partition coefficient (Wildman–Crippen LogP) is 2.95. The maximum absolute atomic E-state index is 13.1. The molecule has 30 heavy (non-hydrogen) atoms. The molecule has 1 aliphatic rings. The van der Waals surface area contributed by atoms with E-state index in [1.54, 1.807) is 24.3 Å². The Morgan fingerprint density at radius 3 is 2.43 bits per heavy atom. The van der Waals surface area contributed by atoms with Crippen LogP contribution in [0.4, 0.5) is 5.69 Å². The SMILES string of the molecule is COC(=O)CN1C(=S)N(Cc2ccccc2)C(=O)[C@H]1CC(=O)Nc1ccc(Br)cc1. The highest BCUT2D eigenvalue weighted by molar-refractivity contribution is 9.10. The van der Waals surface area contributed by atoms with Gasteiger partial charge < -0.3 is 15.0 Å². The number of methoxy groups -OCH3 is 1. The number of ether oxygens (including phenoxy) is 1. The summed E-state index contributed by atoms with van der Waals surface area (Å²) in [6.07, 6.45) is -0.142. The lowest BCUT2D eigenvalue weighted by atomic mass is 10.1. The second-order valence-electron chi connectivity index (χ2n) is 6.67. The molecule has 2 aromatic carbocycles. The summed E-state index contributed by atoms with van der Waals surface area (Å²) in [4.78, 5) is 40.4. The van der Waals surface area contributed by atoms with Crippen molar-refractivity contribution in [3.63, 3.8) is 0 Å². The number of hydrogen-bond acceptors (Lipinski definition) is 5. The highest BCUT2D eigenvalue weighted by atomic mass is 79.9. The average Bonchev–Trinajstić information content (AvgIpc) is 2.95. The van der Waals surface area contributed by atoms with Gasteiger partial charge in [0.15, 0.2) is 5.11 Å². The maximum atomic E-state index is 13.1.